The van der Waals surface area contributed by atoms with E-state index in [9.17, 15) is 0 Å². The molecule has 0 fully saturated rings. The number of ether oxygens (including phenoxy) is 2. The van der Waals surface area contributed by atoms with Crippen molar-refractivity contribution in [3.63, 3.8) is 0 Å². The molecular weight excluding hydrogens is 250 g/mol. The van der Waals surface area contributed by atoms with Crippen molar-refractivity contribution >= 4 is 11.6 Å². The predicted molar refractivity (Wildman–Crippen MR) is 75.5 cm³/mol. The van der Waals surface area contributed by atoms with Gasteiger partial charge in [-0.3, -0.25) is 0 Å². The molecule has 1 unspecified atom stereocenters. The van der Waals surface area contributed by atoms with Crippen LogP contribution in [0, 0.1) is 0 Å². The molecule has 0 spiro atoms. The molecule has 0 heterocycles. The molecule has 0 saturated carbocycles. The summed E-state index contributed by atoms with van der Waals surface area (Å²) in [6.45, 7) is 4.35. The first kappa shape index (κ1) is 14.9. The Morgan fingerprint density at radius 2 is 2.22 bits per heavy atom. The molecule has 0 saturated heterocycles. The van der Waals surface area contributed by atoms with Gasteiger partial charge in [-0.1, -0.05) is 17.7 Å². The molecule has 18 heavy (non-hydrogen) atoms. The Labute approximate surface area is 114 Å². The number of rotatable bonds is 6. The van der Waals surface area contributed by atoms with E-state index in [0.29, 0.717) is 6.61 Å². The maximum absolute atomic E-state index is 5.83. The van der Waals surface area contributed by atoms with E-state index >= 15 is 0 Å². The molecular formula is C14H20ClNO2. The van der Waals surface area contributed by atoms with Gasteiger partial charge in [-0.25, -0.2) is 0 Å². The summed E-state index contributed by atoms with van der Waals surface area (Å²) in [5.41, 5.74) is 9.39. The van der Waals surface area contributed by atoms with Crippen LogP contribution < -0.4 is 15.2 Å². The molecule has 1 atom stereocenters. The van der Waals surface area contributed by atoms with Crippen LogP contribution in [0.5, 0.6) is 11.5 Å². The summed E-state index contributed by atoms with van der Waals surface area (Å²) in [6.07, 6.45) is 0.767. The first-order valence-corrected chi connectivity index (χ1v) is 6.31. The zero-order valence-electron chi connectivity index (χ0n) is 11.1. The first-order chi connectivity index (χ1) is 8.56. The summed E-state index contributed by atoms with van der Waals surface area (Å²) in [5, 5.41) is 0. The average Bonchev–Trinajstić information content (AvgIpc) is 2.36. The van der Waals surface area contributed by atoms with Crippen LogP contribution >= 0.6 is 11.6 Å². The molecule has 0 bridgehead atoms. The SMILES string of the molecule is COc1ccc(CC(C)N)c(OC/C(C)=C/Cl)c1. The van der Waals surface area contributed by atoms with Gasteiger partial charge in [-0.2, -0.15) is 0 Å². The van der Waals surface area contributed by atoms with Crippen molar-refractivity contribution < 1.29 is 9.47 Å². The summed E-state index contributed by atoms with van der Waals surface area (Å²) < 4.78 is 10.9. The van der Waals surface area contributed by atoms with Gasteiger partial charge < -0.3 is 15.2 Å². The topological polar surface area (TPSA) is 44.5 Å². The van der Waals surface area contributed by atoms with Crippen molar-refractivity contribution in [3.05, 3.63) is 34.9 Å². The highest BCUT2D eigenvalue weighted by atomic mass is 35.5. The molecule has 0 amide bonds. The zero-order chi connectivity index (χ0) is 13.5. The molecule has 4 heteroatoms. The van der Waals surface area contributed by atoms with Crippen LogP contribution in [-0.4, -0.2) is 19.8 Å². The zero-order valence-corrected chi connectivity index (χ0v) is 11.8. The van der Waals surface area contributed by atoms with Gasteiger partial charge in [0.05, 0.1) is 7.11 Å². The quantitative estimate of drug-likeness (QED) is 0.863. The number of hydrogen-bond donors (Lipinski definition) is 1. The fourth-order valence-electron chi connectivity index (χ4n) is 1.53. The molecule has 1 aromatic carbocycles. The van der Waals surface area contributed by atoms with Gasteiger partial charge >= 0.3 is 0 Å². The number of halogens is 1. The van der Waals surface area contributed by atoms with Crippen LogP contribution in [0.4, 0.5) is 0 Å². The van der Waals surface area contributed by atoms with E-state index in [2.05, 4.69) is 0 Å². The van der Waals surface area contributed by atoms with Crippen LogP contribution in [0.3, 0.4) is 0 Å². The van der Waals surface area contributed by atoms with E-state index in [4.69, 9.17) is 26.8 Å². The fourth-order valence-corrected chi connectivity index (χ4v) is 1.60. The molecule has 2 N–H and O–H groups in total. The highest BCUT2D eigenvalue weighted by Crippen LogP contribution is 2.26. The minimum Gasteiger partial charge on any atom is -0.497 e. The standard InChI is InChI=1S/C14H20ClNO2/c1-10(8-15)9-18-14-7-13(17-3)5-4-12(14)6-11(2)16/h4-5,7-8,11H,6,9,16H2,1-3H3/b10-8+. The van der Waals surface area contributed by atoms with Gasteiger partial charge in [0.2, 0.25) is 0 Å². The predicted octanol–water partition coefficient (Wildman–Crippen LogP) is 3.11. The van der Waals surface area contributed by atoms with Gasteiger partial charge in [-0.05, 0) is 37.5 Å². The summed E-state index contributed by atoms with van der Waals surface area (Å²) in [7, 11) is 1.63. The lowest BCUT2D eigenvalue weighted by molar-refractivity contribution is 0.343. The molecule has 1 aromatic rings. The molecule has 0 radical (unpaired) electrons. The van der Waals surface area contributed by atoms with Crippen molar-refractivity contribution in [2.75, 3.05) is 13.7 Å². The van der Waals surface area contributed by atoms with Crippen LogP contribution in [0.1, 0.15) is 19.4 Å². The Hall–Kier alpha value is -1.19. The monoisotopic (exact) mass is 269 g/mol. The molecule has 0 aliphatic carbocycles. The van der Waals surface area contributed by atoms with E-state index in [1.807, 2.05) is 32.0 Å². The van der Waals surface area contributed by atoms with Crippen LogP contribution in [0.25, 0.3) is 0 Å². The maximum atomic E-state index is 5.83. The normalized spacial score (nSPS) is 13.3. The third-order valence-electron chi connectivity index (χ3n) is 2.46. The fraction of sp³-hybridized carbons (Fsp3) is 0.429. The first-order valence-electron chi connectivity index (χ1n) is 5.88. The van der Waals surface area contributed by atoms with E-state index in [-0.39, 0.29) is 6.04 Å². The van der Waals surface area contributed by atoms with Crippen molar-refractivity contribution in [2.24, 2.45) is 5.73 Å². The number of hydrogen-bond acceptors (Lipinski definition) is 3. The Balaban J connectivity index is 2.89. The van der Waals surface area contributed by atoms with Crippen molar-refractivity contribution in [3.8, 4) is 11.5 Å². The van der Waals surface area contributed by atoms with E-state index in [1.165, 1.54) is 5.54 Å². The van der Waals surface area contributed by atoms with Gasteiger partial charge in [0.25, 0.3) is 0 Å². The van der Waals surface area contributed by atoms with Crippen molar-refractivity contribution in [2.45, 2.75) is 26.3 Å². The average molecular weight is 270 g/mol. The lowest BCUT2D eigenvalue weighted by atomic mass is 10.1. The second kappa shape index (κ2) is 7.29. The van der Waals surface area contributed by atoms with E-state index in [0.717, 1.165) is 29.1 Å². The largest absolute Gasteiger partial charge is 0.497 e. The van der Waals surface area contributed by atoms with Crippen molar-refractivity contribution in [1.29, 1.82) is 0 Å². The number of methoxy groups -OCH3 is 1. The summed E-state index contributed by atoms with van der Waals surface area (Å²) in [5.74, 6) is 1.57. The Morgan fingerprint density at radius 3 is 2.78 bits per heavy atom. The molecule has 0 aliphatic heterocycles. The van der Waals surface area contributed by atoms with Crippen LogP contribution in [0.2, 0.25) is 0 Å². The molecule has 0 aliphatic rings. The van der Waals surface area contributed by atoms with Gasteiger partial charge in [0.15, 0.2) is 0 Å². The highest BCUT2D eigenvalue weighted by molar-refractivity contribution is 6.25. The molecule has 0 aromatic heterocycles. The minimum atomic E-state index is 0.0883. The van der Waals surface area contributed by atoms with Crippen molar-refractivity contribution in [1.82, 2.24) is 0 Å². The summed E-state index contributed by atoms with van der Waals surface area (Å²) in [4.78, 5) is 0. The second-order valence-electron chi connectivity index (χ2n) is 4.40. The second-order valence-corrected chi connectivity index (χ2v) is 4.62. The number of benzene rings is 1. The number of nitrogens with two attached hydrogens (primary N) is 1. The van der Waals surface area contributed by atoms with E-state index < -0.39 is 0 Å². The van der Waals surface area contributed by atoms with Gasteiger partial charge in [0, 0.05) is 17.6 Å². The third kappa shape index (κ3) is 4.59. The van der Waals surface area contributed by atoms with Gasteiger partial charge in [-0.15, -0.1) is 0 Å². The molecule has 100 valence electrons. The van der Waals surface area contributed by atoms with Crippen LogP contribution in [-0.2, 0) is 6.42 Å². The van der Waals surface area contributed by atoms with Crippen LogP contribution in [0.15, 0.2) is 29.3 Å². The lowest BCUT2D eigenvalue weighted by Crippen LogP contribution is -2.18. The minimum absolute atomic E-state index is 0.0883. The Kier molecular flexibility index (Phi) is 6.02. The maximum Gasteiger partial charge on any atom is 0.126 e. The van der Waals surface area contributed by atoms with E-state index in [1.54, 1.807) is 7.11 Å². The third-order valence-corrected chi connectivity index (χ3v) is 2.83. The smallest absolute Gasteiger partial charge is 0.126 e. The van der Waals surface area contributed by atoms with Gasteiger partial charge in [0.1, 0.15) is 18.1 Å². The lowest BCUT2D eigenvalue weighted by Gasteiger charge is -2.14. The molecule has 1 rings (SSSR count). The summed E-state index contributed by atoms with van der Waals surface area (Å²) >= 11 is 5.61. The Bertz CT molecular complexity index is 416. The highest BCUT2D eigenvalue weighted by Gasteiger charge is 2.08. The Morgan fingerprint density at radius 1 is 1.50 bits per heavy atom. The summed E-state index contributed by atoms with van der Waals surface area (Å²) in [6, 6.07) is 5.86. The molecule has 3 nitrogen and oxygen atoms in total.